The minimum atomic E-state index is -0.589. The standard InChI is InChI=1S/C13H17NO3/c1-4-11(13(16)17-3)14-12(15)10-7-5-9(2)6-8-10/h5-8,11H,4H2,1-3H3,(H,14,15). The molecule has 4 nitrogen and oxygen atoms in total. The lowest BCUT2D eigenvalue weighted by Gasteiger charge is -2.14. The SMILES string of the molecule is CCC(NC(=O)c1ccc(C)cc1)C(=O)OC. The number of ether oxygens (including phenoxy) is 1. The molecule has 4 heteroatoms. The number of carbonyl (C=O) groups is 2. The van der Waals surface area contributed by atoms with Crippen LogP contribution in [0.4, 0.5) is 0 Å². The minimum Gasteiger partial charge on any atom is -0.467 e. The van der Waals surface area contributed by atoms with E-state index in [1.807, 2.05) is 26.0 Å². The summed E-state index contributed by atoms with van der Waals surface area (Å²) >= 11 is 0. The van der Waals surface area contributed by atoms with Crippen LogP contribution in [0, 0.1) is 6.92 Å². The average Bonchev–Trinajstić information content (AvgIpc) is 2.35. The molecule has 1 amide bonds. The maximum atomic E-state index is 11.8. The van der Waals surface area contributed by atoms with Crippen molar-refractivity contribution >= 4 is 11.9 Å². The molecule has 0 aromatic heterocycles. The molecule has 1 N–H and O–H groups in total. The Morgan fingerprint density at radius 1 is 1.29 bits per heavy atom. The van der Waals surface area contributed by atoms with Crippen LogP contribution in [0.2, 0.25) is 0 Å². The molecule has 0 saturated carbocycles. The van der Waals surface area contributed by atoms with Gasteiger partial charge in [0, 0.05) is 5.56 Å². The van der Waals surface area contributed by atoms with Gasteiger partial charge in [0.15, 0.2) is 0 Å². The van der Waals surface area contributed by atoms with Crippen LogP contribution in [-0.2, 0) is 9.53 Å². The molecule has 1 aromatic carbocycles. The van der Waals surface area contributed by atoms with E-state index in [1.165, 1.54) is 7.11 Å². The highest BCUT2D eigenvalue weighted by Crippen LogP contribution is 2.04. The highest BCUT2D eigenvalue weighted by atomic mass is 16.5. The summed E-state index contributed by atoms with van der Waals surface area (Å²) in [6.45, 7) is 3.77. The van der Waals surface area contributed by atoms with Crippen molar-refractivity contribution < 1.29 is 14.3 Å². The highest BCUT2D eigenvalue weighted by Gasteiger charge is 2.19. The van der Waals surface area contributed by atoms with Gasteiger partial charge in [-0.2, -0.15) is 0 Å². The molecule has 0 aliphatic carbocycles. The van der Waals surface area contributed by atoms with Crippen LogP contribution < -0.4 is 5.32 Å². The topological polar surface area (TPSA) is 55.4 Å². The molecule has 1 aromatic rings. The maximum Gasteiger partial charge on any atom is 0.328 e. The Morgan fingerprint density at radius 3 is 2.35 bits per heavy atom. The predicted molar refractivity (Wildman–Crippen MR) is 64.7 cm³/mol. The lowest BCUT2D eigenvalue weighted by molar-refractivity contribution is -0.142. The Hall–Kier alpha value is -1.84. The van der Waals surface area contributed by atoms with Crippen molar-refractivity contribution in [2.45, 2.75) is 26.3 Å². The molecular formula is C13H17NO3. The summed E-state index contributed by atoms with van der Waals surface area (Å²) in [5.74, 6) is -0.685. The molecule has 17 heavy (non-hydrogen) atoms. The van der Waals surface area contributed by atoms with Crippen molar-refractivity contribution in [1.29, 1.82) is 0 Å². The van der Waals surface area contributed by atoms with Gasteiger partial charge in [-0.3, -0.25) is 4.79 Å². The summed E-state index contributed by atoms with van der Waals surface area (Å²) in [6, 6.07) is 6.58. The molecule has 0 spiro atoms. The predicted octanol–water partition coefficient (Wildman–Crippen LogP) is 1.68. The number of hydrogen-bond acceptors (Lipinski definition) is 3. The van der Waals surface area contributed by atoms with Crippen molar-refractivity contribution in [2.24, 2.45) is 0 Å². The third-order valence-electron chi connectivity index (χ3n) is 2.51. The third kappa shape index (κ3) is 3.59. The van der Waals surface area contributed by atoms with Gasteiger partial charge in [-0.25, -0.2) is 4.79 Å². The summed E-state index contributed by atoms with van der Waals surface area (Å²) in [5, 5.41) is 2.64. The van der Waals surface area contributed by atoms with Crippen LogP contribution in [-0.4, -0.2) is 25.0 Å². The normalized spacial score (nSPS) is 11.7. The minimum absolute atomic E-state index is 0.262. The van der Waals surface area contributed by atoms with Gasteiger partial charge in [0.1, 0.15) is 6.04 Å². The van der Waals surface area contributed by atoms with E-state index < -0.39 is 12.0 Å². The van der Waals surface area contributed by atoms with Crippen LogP contribution >= 0.6 is 0 Å². The Bertz CT molecular complexity index is 398. The van der Waals surface area contributed by atoms with Gasteiger partial charge in [-0.05, 0) is 25.5 Å². The zero-order chi connectivity index (χ0) is 12.8. The number of esters is 1. The molecule has 0 aliphatic heterocycles. The van der Waals surface area contributed by atoms with Crippen LogP contribution in [0.25, 0.3) is 0 Å². The lowest BCUT2D eigenvalue weighted by Crippen LogP contribution is -2.41. The number of hydrogen-bond donors (Lipinski definition) is 1. The van der Waals surface area contributed by atoms with Gasteiger partial charge in [0.05, 0.1) is 7.11 Å². The van der Waals surface area contributed by atoms with Gasteiger partial charge in [0.25, 0.3) is 5.91 Å². The van der Waals surface area contributed by atoms with Crippen molar-refractivity contribution in [1.82, 2.24) is 5.32 Å². The number of aryl methyl sites for hydroxylation is 1. The van der Waals surface area contributed by atoms with E-state index in [-0.39, 0.29) is 5.91 Å². The first-order valence-corrected chi connectivity index (χ1v) is 5.53. The summed E-state index contributed by atoms with van der Waals surface area (Å²) in [6.07, 6.45) is 0.504. The van der Waals surface area contributed by atoms with Crippen molar-refractivity contribution in [2.75, 3.05) is 7.11 Å². The molecule has 1 rings (SSSR count). The Balaban J connectivity index is 2.71. The van der Waals surface area contributed by atoms with E-state index in [9.17, 15) is 9.59 Å². The van der Waals surface area contributed by atoms with Crippen molar-refractivity contribution in [3.63, 3.8) is 0 Å². The second-order valence-corrected chi connectivity index (χ2v) is 3.82. The van der Waals surface area contributed by atoms with Crippen LogP contribution in [0.5, 0.6) is 0 Å². The lowest BCUT2D eigenvalue weighted by atomic mass is 10.1. The Morgan fingerprint density at radius 2 is 1.88 bits per heavy atom. The summed E-state index contributed by atoms with van der Waals surface area (Å²) in [4.78, 5) is 23.2. The monoisotopic (exact) mass is 235 g/mol. The molecule has 0 bridgehead atoms. The zero-order valence-corrected chi connectivity index (χ0v) is 10.3. The molecule has 1 atom stereocenters. The van der Waals surface area contributed by atoms with E-state index in [2.05, 4.69) is 10.1 Å². The first kappa shape index (κ1) is 13.2. The van der Waals surface area contributed by atoms with E-state index in [1.54, 1.807) is 12.1 Å². The summed E-state index contributed by atoms with van der Waals surface area (Å²) in [7, 11) is 1.31. The number of methoxy groups -OCH3 is 1. The molecule has 0 heterocycles. The quantitative estimate of drug-likeness (QED) is 0.808. The van der Waals surface area contributed by atoms with E-state index >= 15 is 0 Å². The van der Waals surface area contributed by atoms with Gasteiger partial charge < -0.3 is 10.1 Å². The second-order valence-electron chi connectivity index (χ2n) is 3.82. The van der Waals surface area contributed by atoms with Crippen LogP contribution in [0.1, 0.15) is 29.3 Å². The van der Waals surface area contributed by atoms with E-state index in [0.717, 1.165) is 5.56 Å². The number of rotatable bonds is 4. The molecular weight excluding hydrogens is 218 g/mol. The smallest absolute Gasteiger partial charge is 0.328 e. The fourth-order valence-electron chi connectivity index (χ4n) is 1.42. The van der Waals surface area contributed by atoms with Crippen LogP contribution in [0.3, 0.4) is 0 Å². The average molecular weight is 235 g/mol. The molecule has 0 saturated heterocycles. The van der Waals surface area contributed by atoms with Crippen LogP contribution in [0.15, 0.2) is 24.3 Å². The van der Waals surface area contributed by atoms with Crippen molar-refractivity contribution in [3.05, 3.63) is 35.4 Å². The van der Waals surface area contributed by atoms with E-state index in [0.29, 0.717) is 12.0 Å². The Labute approximate surface area is 101 Å². The largest absolute Gasteiger partial charge is 0.467 e. The first-order chi connectivity index (χ1) is 8.08. The maximum absolute atomic E-state index is 11.8. The fourth-order valence-corrected chi connectivity index (χ4v) is 1.42. The fraction of sp³-hybridized carbons (Fsp3) is 0.385. The Kier molecular flexibility index (Phi) is 4.69. The molecule has 0 fully saturated rings. The summed E-state index contributed by atoms with van der Waals surface area (Å²) in [5.41, 5.74) is 1.62. The second kappa shape index (κ2) is 6.03. The molecule has 0 radical (unpaired) electrons. The van der Waals surface area contributed by atoms with Gasteiger partial charge in [0.2, 0.25) is 0 Å². The number of benzene rings is 1. The number of amides is 1. The van der Waals surface area contributed by atoms with E-state index in [4.69, 9.17) is 0 Å². The van der Waals surface area contributed by atoms with Crippen molar-refractivity contribution in [3.8, 4) is 0 Å². The number of nitrogens with one attached hydrogen (secondary N) is 1. The third-order valence-corrected chi connectivity index (χ3v) is 2.51. The zero-order valence-electron chi connectivity index (χ0n) is 10.3. The van der Waals surface area contributed by atoms with Gasteiger partial charge in [-0.1, -0.05) is 24.6 Å². The highest BCUT2D eigenvalue weighted by molar-refractivity contribution is 5.96. The molecule has 0 aliphatic rings. The number of carbonyl (C=O) groups excluding carboxylic acids is 2. The van der Waals surface area contributed by atoms with Gasteiger partial charge in [-0.15, -0.1) is 0 Å². The van der Waals surface area contributed by atoms with Gasteiger partial charge >= 0.3 is 5.97 Å². The summed E-state index contributed by atoms with van der Waals surface area (Å²) < 4.78 is 4.61. The molecule has 92 valence electrons. The first-order valence-electron chi connectivity index (χ1n) is 5.53. The molecule has 1 unspecified atom stereocenters.